The summed E-state index contributed by atoms with van der Waals surface area (Å²) >= 11 is 1.88. The van der Waals surface area contributed by atoms with Crippen molar-refractivity contribution < 1.29 is 9.47 Å². The average molecular weight is 268 g/mol. The highest BCUT2D eigenvalue weighted by Gasteiger charge is 2.15. The van der Waals surface area contributed by atoms with Gasteiger partial charge in [-0.3, -0.25) is 0 Å². The molecular weight excluding hydrogens is 248 g/mol. The Morgan fingerprint density at radius 3 is 2.89 bits per heavy atom. The van der Waals surface area contributed by atoms with Gasteiger partial charge in [0.1, 0.15) is 0 Å². The molecule has 0 saturated carbocycles. The van der Waals surface area contributed by atoms with Gasteiger partial charge in [-0.15, -0.1) is 0 Å². The van der Waals surface area contributed by atoms with E-state index in [0.29, 0.717) is 6.79 Å². The van der Waals surface area contributed by atoms with Crippen molar-refractivity contribution in [3.63, 3.8) is 0 Å². The third kappa shape index (κ3) is 3.54. The normalized spacial score (nSPS) is 15.1. The lowest BCUT2D eigenvalue weighted by Gasteiger charge is -2.13. The van der Waals surface area contributed by atoms with E-state index in [-0.39, 0.29) is 6.04 Å². The Bertz CT molecular complexity index is 399. The molecule has 0 radical (unpaired) electrons. The summed E-state index contributed by atoms with van der Waals surface area (Å²) in [6.45, 7) is 1.39. The largest absolute Gasteiger partial charge is 0.454 e. The zero-order valence-corrected chi connectivity index (χ0v) is 11.7. The standard InChI is InChI=1S/C13H20N2O2S/c1-15(2)5-6-18-8-11(14)10-3-4-12-13(7-10)17-9-16-12/h3-4,7,11H,5-6,8-9,14H2,1-2H3. The van der Waals surface area contributed by atoms with E-state index in [0.717, 1.165) is 35.1 Å². The van der Waals surface area contributed by atoms with Crippen molar-refractivity contribution in [3.8, 4) is 11.5 Å². The molecule has 0 spiro atoms. The van der Waals surface area contributed by atoms with E-state index < -0.39 is 0 Å². The van der Waals surface area contributed by atoms with E-state index in [1.165, 1.54) is 0 Å². The lowest BCUT2D eigenvalue weighted by Crippen LogP contribution is -2.17. The van der Waals surface area contributed by atoms with Gasteiger partial charge < -0.3 is 20.1 Å². The molecule has 1 aliphatic heterocycles. The molecule has 1 atom stereocenters. The van der Waals surface area contributed by atoms with Crippen LogP contribution in [0.1, 0.15) is 11.6 Å². The topological polar surface area (TPSA) is 47.7 Å². The van der Waals surface area contributed by atoms with Crippen LogP contribution in [0.15, 0.2) is 18.2 Å². The molecule has 1 aliphatic rings. The number of nitrogens with two attached hydrogens (primary N) is 1. The molecule has 1 heterocycles. The van der Waals surface area contributed by atoms with Gasteiger partial charge in [0.05, 0.1) is 0 Å². The van der Waals surface area contributed by atoms with Gasteiger partial charge in [0.15, 0.2) is 11.5 Å². The Labute approximate surface area is 112 Å². The van der Waals surface area contributed by atoms with Gasteiger partial charge in [0.25, 0.3) is 0 Å². The molecule has 1 unspecified atom stereocenters. The van der Waals surface area contributed by atoms with Gasteiger partial charge in [-0.1, -0.05) is 6.07 Å². The number of thioether (sulfide) groups is 1. The molecule has 0 bridgehead atoms. The lowest BCUT2D eigenvalue weighted by molar-refractivity contribution is 0.174. The number of hydrogen-bond acceptors (Lipinski definition) is 5. The van der Waals surface area contributed by atoms with Crippen molar-refractivity contribution in [2.75, 3.05) is 38.9 Å². The van der Waals surface area contributed by atoms with E-state index in [1.807, 2.05) is 30.0 Å². The predicted octanol–water partition coefficient (Wildman–Crippen LogP) is 1.71. The zero-order chi connectivity index (χ0) is 13.0. The minimum atomic E-state index is 0.0478. The van der Waals surface area contributed by atoms with Crippen molar-refractivity contribution >= 4 is 11.8 Å². The third-order valence-corrected chi connectivity index (χ3v) is 3.87. The van der Waals surface area contributed by atoms with Gasteiger partial charge in [-0.05, 0) is 31.8 Å². The molecule has 100 valence electrons. The van der Waals surface area contributed by atoms with Crippen LogP contribution >= 0.6 is 11.8 Å². The molecule has 18 heavy (non-hydrogen) atoms. The SMILES string of the molecule is CN(C)CCSCC(N)c1ccc2c(c1)OCO2. The second-order valence-corrected chi connectivity index (χ2v) is 5.75. The highest BCUT2D eigenvalue weighted by atomic mass is 32.2. The van der Waals surface area contributed by atoms with Gasteiger partial charge in [-0.2, -0.15) is 11.8 Å². The molecule has 1 aromatic rings. The summed E-state index contributed by atoms with van der Waals surface area (Å²) in [7, 11) is 4.16. The number of hydrogen-bond donors (Lipinski definition) is 1. The van der Waals surface area contributed by atoms with Crippen LogP contribution in [0.4, 0.5) is 0 Å². The van der Waals surface area contributed by atoms with Gasteiger partial charge in [0.2, 0.25) is 6.79 Å². The average Bonchev–Trinajstić information content (AvgIpc) is 2.81. The maximum absolute atomic E-state index is 6.18. The molecule has 5 heteroatoms. The van der Waals surface area contributed by atoms with E-state index in [2.05, 4.69) is 19.0 Å². The summed E-state index contributed by atoms with van der Waals surface area (Å²) in [5, 5.41) is 0. The molecule has 1 aromatic carbocycles. The van der Waals surface area contributed by atoms with Crippen LogP contribution in [0.2, 0.25) is 0 Å². The summed E-state index contributed by atoms with van der Waals surface area (Å²) in [5.41, 5.74) is 7.28. The summed E-state index contributed by atoms with van der Waals surface area (Å²) in [6.07, 6.45) is 0. The summed E-state index contributed by atoms with van der Waals surface area (Å²) in [4.78, 5) is 2.18. The number of rotatable bonds is 6. The molecule has 4 nitrogen and oxygen atoms in total. The second kappa shape index (κ2) is 6.31. The summed E-state index contributed by atoms with van der Waals surface area (Å²) in [6, 6.07) is 5.98. The monoisotopic (exact) mass is 268 g/mol. The number of fused-ring (bicyclic) bond motifs is 1. The third-order valence-electron chi connectivity index (χ3n) is 2.81. The fraction of sp³-hybridized carbons (Fsp3) is 0.538. The Morgan fingerprint density at radius 2 is 2.11 bits per heavy atom. The van der Waals surface area contributed by atoms with Crippen molar-refractivity contribution in [1.29, 1.82) is 0 Å². The first-order valence-corrected chi connectivity index (χ1v) is 7.20. The van der Waals surface area contributed by atoms with Gasteiger partial charge in [-0.25, -0.2) is 0 Å². The smallest absolute Gasteiger partial charge is 0.231 e. The van der Waals surface area contributed by atoms with Crippen LogP contribution < -0.4 is 15.2 Å². The van der Waals surface area contributed by atoms with Gasteiger partial charge >= 0.3 is 0 Å². The summed E-state index contributed by atoms with van der Waals surface area (Å²) in [5.74, 6) is 3.64. The molecular formula is C13H20N2O2S. The first-order chi connectivity index (χ1) is 8.66. The molecule has 0 amide bonds. The van der Waals surface area contributed by atoms with E-state index in [4.69, 9.17) is 15.2 Å². The number of benzene rings is 1. The molecule has 0 saturated heterocycles. The minimum absolute atomic E-state index is 0.0478. The Hall–Kier alpha value is -0.910. The van der Waals surface area contributed by atoms with Crippen molar-refractivity contribution in [3.05, 3.63) is 23.8 Å². The quantitative estimate of drug-likeness (QED) is 0.796. The molecule has 0 aliphatic carbocycles. The zero-order valence-electron chi connectivity index (χ0n) is 10.9. The molecule has 2 rings (SSSR count). The van der Waals surface area contributed by atoms with Crippen LogP contribution in [-0.2, 0) is 0 Å². The Kier molecular flexibility index (Phi) is 4.74. The van der Waals surface area contributed by atoms with Crippen molar-refractivity contribution in [2.45, 2.75) is 6.04 Å². The molecule has 0 aromatic heterocycles. The second-order valence-electron chi connectivity index (χ2n) is 4.60. The molecule has 0 fully saturated rings. The highest BCUT2D eigenvalue weighted by molar-refractivity contribution is 7.99. The molecule has 2 N–H and O–H groups in total. The highest BCUT2D eigenvalue weighted by Crippen LogP contribution is 2.34. The Balaban J connectivity index is 1.83. The maximum atomic E-state index is 6.18. The maximum Gasteiger partial charge on any atom is 0.231 e. The first kappa shape index (κ1) is 13.5. The van der Waals surface area contributed by atoms with Crippen LogP contribution in [0.5, 0.6) is 11.5 Å². The van der Waals surface area contributed by atoms with E-state index in [9.17, 15) is 0 Å². The van der Waals surface area contributed by atoms with E-state index >= 15 is 0 Å². The van der Waals surface area contributed by atoms with Crippen LogP contribution in [0.25, 0.3) is 0 Å². The first-order valence-electron chi connectivity index (χ1n) is 6.04. The fourth-order valence-electron chi connectivity index (χ4n) is 1.70. The number of nitrogens with zero attached hydrogens (tertiary/aromatic N) is 1. The lowest BCUT2D eigenvalue weighted by atomic mass is 10.1. The van der Waals surface area contributed by atoms with Crippen LogP contribution in [0.3, 0.4) is 0 Å². The van der Waals surface area contributed by atoms with Crippen LogP contribution in [0, 0.1) is 0 Å². The Morgan fingerprint density at radius 1 is 1.33 bits per heavy atom. The number of ether oxygens (including phenoxy) is 2. The summed E-state index contributed by atoms with van der Waals surface area (Å²) < 4.78 is 10.6. The van der Waals surface area contributed by atoms with Crippen molar-refractivity contribution in [1.82, 2.24) is 4.90 Å². The van der Waals surface area contributed by atoms with Crippen LogP contribution in [-0.4, -0.2) is 43.8 Å². The minimum Gasteiger partial charge on any atom is -0.454 e. The predicted molar refractivity (Wildman–Crippen MR) is 75.4 cm³/mol. The van der Waals surface area contributed by atoms with Gasteiger partial charge in [0, 0.05) is 24.1 Å². The fourth-order valence-corrected chi connectivity index (χ4v) is 2.80. The van der Waals surface area contributed by atoms with Crippen molar-refractivity contribution in [2.24, 2.45) is 5.73 Å². The van der Waals surface area contributed by atoms with E-state index in [1.54, 1.807) is 0 Å².